The summed E-state index contributed by atoms with van der Waals surface area (Å²) in [5.74, 6) is 0.845. The summed E-state index contributed by atoms with van der Waals surface area (Å²) in [7, 11) is 1.66. The van der Waals surface area contributed by atoms with Crippen molar-refractivity contribution in [3.63, 3.8) is 0 Å². The van der Waals surface area contributed by atoms with Crippen LogP contribution >= 0.6 is 0 Å². The molecule has 102 valence electrons. The Balaban J connectivity index is 2.23. The molecule has 0 heterocycles. The molecule has 0 spiro atoms. The van der Waals surface area contributed by atoms with Crippen molar-refractivity contribution in [1.29, 1.82) is 5.26 Å². The van der Waals surface area contributed by atoms with Gasteiger partial charge in [0.1, 0.15) is 5.75 Å². The lowest BCUT2D eigenvalue weighted by atomic mass is 9.98. The number of hydrogen-bond donors (Lipinski definition) is 1. The fraction of sp³-hybridized carbons (Fsp3) is 0.235. The van der Waals surface area contributed by atoms with E-state index in [0.717, 1.165) is 11.3 Å². The van der Waals surface area contributed by atoms with E-state index >= 15 is 0 Å². The lowest BCUT2D eigenvalue weighted by Gasteiger charge is -2.19. The second-order valence-electron chi connectivity index (χ2n) is 4.48. The summed E-state index contributed by atoms with van der Waals surface area (Å²) in [6, 6.07) is 20.5. The van der Waals surface area contributed by atoms with Gasteiger partial charge in [-0.2, -0.15) is 5.26 Å². The van der Waals surface area contributed by atoms with Crippen molar-refractivity contribution in [2.24, 2.45) is 0 Å². The monoisotopic (exact) mass is 266 g/mol. The van der Waals surface area contributed by atoms with Crippen LogP contribution in [0.2, 0.25) is 0 Å². The molecule has 3 nitrogen and oxygen atoms in total. The predicted molar refractivity (Wildman–Crippen MR) is 79.5 cm³/mol. The van der Waals surface area contributed by atoms with Gasteiger partial charge in [0.2, 0.25) is 0 Å². The summed E-state index contributed by atoms with van der Waals surface area (Å²) in [4.78, 5) is 0. The first-order valence-corrected chi connectivity index (χ1v) is 6.64. The van der Waals surface area contributed by atoms with Gasteiger partial charge in [-0.15, -0.1) is 0 Å². The topological polar surface area (TPSA) is 45.0 Å². The zero-order valence-electron chi connectivity index (χ0n) is 11.5. The van der Waals surface area contributed by atoms with Gasteiger partial charge in [-0.1, -0.05) is 42.5 Å². The molecule has 0 amide bonds. The first-order chi connectivity index (χ1) is 9.85. The lowest BCUT2D eigenvalue weighted by molar-refractivity contribution is 0.414. The average Bonchev–Trinajstić information content (AvgIpc) is 2.53. The smallest absolute Gasteiger partial charge is 0.118 e. The second-order valence-corrected chi connectivity index (χ2v) is 4.48. The summed E-state index contributed by atoms with van der Waals surface area (Å²) in [5, 5.41) is 12.1. The molecule has 0 aromatic heterocycles. The number of nitrogens with zero attached hydrogens (tertiary/aromatic N) is 1. The molecular formula is C17H18N2O. The van der Waals surface area contributed by atoms with E-state index in [9.17, 15) is 0 Å². The molecular weight excluding hydrogens is 248 g/mol. The molecule has 20 heavy (non-hydrogen) atoms. The predicted octanol–water partition coefficient (Wildman–Crippen LogP) is 3.29. The third-order valence-corrected chi connectivity index (χ3v) is 3.17. The minimum Gasteiger partial charge on any atom is -0.497 e. The Morgan fingerprint density at radius 3 is 2.30 bits per heavy atom. The van der Waals surface area contributed by atoms with Crippen molar-refractivity contribution < 1.29 is 4.74 Å². The molecule has 2 aromatic rings. The number of rotatable bonds is 6. The van der Waals surface area contributed by atoms with E-state index in [1.165, 1.54) is 5.56 Å². The van der Waals surface area contributed by atoms with Crippen molar-refractivity contribution in [3.8, 4) is 11.8 Å². The summed E-state index contributed by atoms with van der Waals surface area (Å²) in [6.45, 7) is 0.669. The van der Waals surface area contributed by atoms with Crippen LogP contribution < -0.4 is 10.1 Å². The molecule has 0 aliphatic heterocycles. The molecule has 2 aromatic carbocycles. The highest BCUT2D eigenvalue weighted by molar-refractivity contribution is 5.35. The van der Waals surface area contributed by atoms with Crippen LogP contribution in [0.1, 0.15) is 23.6 Å². The van der Waals surface area contributed by atoms with Gasteiger partial charge >= 0.3 is 0 Å². The van der Waals surface area contributed by atoms with Crippen LogP contribution in [0.5, 0.6) is 5.75 Å². The Bertz CT molecular complexity index is 558. The number of methoxy groups -OCH3 is 1. The maximum absolute atomic E-state index is 8.68. The van der Waals surface area contributed by atoms with Crippen LogP contribution in [0.25, 0.3) is 0 Å². The minimum atomic E-state index is 0.0930. The van der Waals surface area contributed by atoms with E-state index in [1.807, 2.05) is 30.3 Å². The van der Waals surface area contributed by atoms with Crippen LogP contribution in [0.15, 0.2) is 54.6 Å². The third-order valence-electron chi connectivity index (χ3n) is 3.17. The molecule has 0 saturated carbocycles. The molecule has 1 N–H and O–H groups in total. The quantitative estimate of drug-likeness (QED) is 0.816. The van der Waals surface area contributed by atoms with Crippen LogP contribution in [0.3, 0.4) is 0 Å². The van der Waals surface area contributed by atoms with Gasteiger partial charge in [-0.25, -0.2) is 0 Å². The minimum absolute atomic E-state index is 0.0930. The zero-order valence-corrected chi connectivity index (χ0v) is 11.5. The van der Waals surface area contributed by atoms with Crippen molar-refractivity contribution in [2.45, 2.75) is 12.5 Å². The van der Waals surface area contributed by atoms with E-state index in [0.29, 0.717) is 13.0 Å². The highest BCUT2D eigenvalue weighted by atomic mass is 16.5. The van der Waals surface area contributed by atoms with E-state index in [4.69, 9.17) is 10.00 Å². The van der Waals surface area contributed by atoms with E-state index < -0.39 is 0 Å². The van der Waals surface area contributed by atoms with E-state index in [1.54, 1.807) is 7.11 Å². The standard InChI is InChI=1S/C17H18N2O/c1-20-16-10-8-15(9-11-16)17(19-13-5-12-18)14-6-3-2-4-7-14/h2-4,6-11,17,19H,5,13H2,1H3. The highest BCUT2D eigenvalue weighted by Gasteiger charge is 2.12. The Kier molecular flexibility index (Phi) is 5.16. The molecule has 0 radical (unpaired) electrons. The first-order valence-electron chi connectivity index (χ1n) is 6.64. The SMILES string of the molecule is COc1ccc(C(NCCC#N)c2ccccc2)cc1. The number of nitrogens with one attached hydrogen (secondary N) is 1. The molecule has 1 atom stereocenters. The molecule has 0 fully saturated rings. The summed E-state index contributed by atoms with van der Waals surface area (Å²) in [6.07, 6.45) is 0.499. The molecule has 0 aliphatic rings. The molecule has 0 bridgehead atoms. The van der Waals surface area contributed by atoms with E-state index in [-0.39, 0.29) is 6.04 Å². The summed E-state index contributed by atoms with van der Waals surface area (Å²) in [5.41, 5.74) is 2.35. The van der Waals surface area contributed by atoms with Gasteiger partial charge in [0.25, 0.3) is 0 Å². The zero-order chi connectivity index (χ0) is 14.2. The van der Waals surface area contributed by atoms with Gasteiger partial charge in [-0.3, -0.25) is 0 Å². The van der Waals surface area contributed by atoms with Gasteiger partial charge < -0.3 is 10.1 Å². The third kappa shape index (κ3) is 3.59. The van der Waals surface area contributed by atoms with Crippen molar-refractivity contribution in [2.75, 3.05) is 13.7 Å². The molecule has 1 unspecified atom stereocenters. The van der Waals surface area contributed by atoms with Gasteiger partial charge in [0.15, 0.2) is 0 Å². The van der Waals surface area contributed by atoms with Gasteiger partial charge in [0, 0.05) is 13.0 Å². The lowest BCUT2D eigenvalue weighted by Crippen LogP contribution is -2.23. The fourth-order valence-electron chi connectivity index (χ4n) is 2.14. The normalized spacial score (nSPS) is 11.6. The fourth-order valence-corrected chi connectivity index (χ4v) is 2.14. The van der Waals surface area contributed by atoms with Crippen molar-refractivity contribution >= 4 is 0 Å². The van der Waals surface area contributed by atoms with Crippen LogP contribution in [-0.2, 0) is 0 Å². The Hall–Kier alpha value is -2.31. The van der Waals surface area contributed by atoms with Crippen molar-refractivity contribution in [1.82, 2.24) is 5.32 Å². The maximum atomic E-state index is 8.68. The number of hydrogen-bond acceptors (Lipinski definition) is 3. The molecule has 3 heteroatoms. The molecule has 2 rings (SSSR count). The Labute approximate surface area is 119 Å². The van der Waals surface area contributed by atoms with Crippen LogP contribution in [-0.4, -0.2) is 13.7 Å². The first kappa shape index (κ1) is 14.1. The van der Waals surface area contributed by atoms with Crippen molar-refractivity contribution in [3.05, 3.63) is 65.7 Å². The van der Waals surface area contributed by atoms with E-state index in [2.05, 4.69) is 35.7 Å². The van der Waals surface area contributed by atoms with Crippen LogP contribution in [0.4, 0.5) is 0 Å². The Morgan fingerprint density at radius 1 is 1.05 bits per heavy atom. The largest absolute Gasteiger partial charge is 0.497 e. The Morgan fingerprint density at radius 2 is 1.70 bits per heavy atom. The number of ether oxygens (including phenoxy) is 1. The van der Waals surface area contributed by atoms with Gasteiger partial charge in [-0.05, 0) is 23.3 Å². The molecule has 0 aliphatic carbocycles. The number of benzene rings is 2. The molecule has 0 saturated heterocycles. The summed E-state index contributed by atoms with van der Waals surface area (Å²) >= 11 is 0. The highest BCUT2D eigenvalue weighted by Crippen LogP contribution is 2.23. The second kappa shape index (κ2) is 7.32. The average molecular weight is 266 g/mol. The maximum Gasteiger partial charge on any atom is 0.118 e. The number of nitriles is 1. The summed E-state index contributed by atoms with van der Waals surface area (Å²) < 4.78 is 5.19. The van der Waals surface area contributed by atoms with Gasteiger partial charge in [0.05, 0.1) is 19.2 Å². The van der Waals surface area contributed by atoms with Crippen LogP contribution in [0, 0.1) is 11.3 Å².